The summed E-state index contributed by atoms with van der Waals surface area (Å²) in [6.07, 6.45) is 11.5. The summed E-state index contributed by atoms with van der Waals surface area (Å²) in [5, 5.41) is 0. The Morgan fingerprint density at radius 1 is 0.929 bits per heavy atom. The van der Waals surface area contributed by atoms with Gasteiger partial charge in [-0.2, -0.15) is 0 Å². The van der Waals surface area contributed by atoms with Crippen molar-refractivity contribution in [1.29, 1.82) is 0 Å². The topological polar surface area (TPSA) is 0 Å². The third-order valence-electron chi connectivity index (χ3n) is 8.89. The molecular weight excluding hydrogens is 503 g/mol. The molecule has 0 radical (unpaired) electrons. The van der Waals surface area contributed by atoms with Gasteiger partial charge in [0.1, 0.15) is 0 Å². The van der Waals surface area contributed by atoms with Crippen molar-refractivity contribution in [2.75, 3.05) is 0 Å². The van der Waals surface area contributed by atoms with Gasteiger partial charge in [-0.15, -0.1) is 0 Å². The molecule has 3 aliphatic rings. The van der Waals surface area contributed by atoms with Crippen LogP contribution in [0.15, 0.2) is 40.5 Å². The second kappa shape index (κ2) is 7.53. The molecule has 4 rings (SSSR count). The van der Waals surface area contributed by atoms with Crippen molar-refractivity contribution >= 4 is 6.08 Å². The van der Waals surface area contributed by atoms with Crippen LogP contribution in [-0.2, 0) is 44.1 Å². The van der Waals surface area contributed by atoms with Crippen LogP contribution in [0.25, 0.3) is 6.08 Å². The summed E-state index contributed by atoms with van der Waals surface area (Å²) in [5.74, 6) is 0.602. The maximum absolute atomic E-state index is 2.62. The predicted octanol–water partition coefficient (Wildman–Crippen LogP) is 7.57. The molecule has 0 saturated carbocycles. The largest absolute Gasteiger partial charge is 0.0719 e. The molecule has 1 aromatic carbocycles. The Morgan fingerprint density at radius 2 is 1.46 bits per heavy atom. The predicted molar refractivity (Wildman–Crippen MR) is 118 cm³/mol. The summed E-state index contributed by atoms with van der Waals surface area (Å²) < 4.78 is 0. The number of aryl methyl sites for hydroxylation is 2. The molecule has 0 aliphatic heterocycles. The van der Waals surface area contributed by atoms with E-state index in [4.69, 9.17) is 0 Å². The zero-order valence-corrected chi connectivity index (χ0v) is 22.5. The quantitative estimate of drug-likeness (QED) is 0.348. The summed E-state index contributed by atoms with van der Waals surface area (Å²) in [7, 11) is 0. The van der Waals surface area contributed by atoms with Crippen molar-refractivity contribution in [3.8, 4) is 0 Å². The monoisotopic (exact) mass is 540 g/mol. The Bertz CT molecular complexity index is 871. The number of hydrogen-bond donors (Lipinski definition) is 0. The Morgan fingerprint density at radius 3 is 2.00 bits per heavy atom. The second-order valence-electron chi connectivity index (χ2n) is 9.55. The van der Waals surface area contributed by atoms with Crippen LogP contribution >= 0.6 is 0 Å². The van der Waals surface area contributed by atoms with E-state index in [1.54, 1.807) is 27.8 Å². The van der Waals surface area contributed by atoms with Crippen LogP contribution in [0.5, 0.6) is 0 Å². The first kappa shape index (κ1) is 22.0. The van der Waals surface area contributed by atoms with E-state index in [1.165, 1.54) is 48.8 Å². The van der Waals surface area contributed by atoms with Gasteiger partial charge in [0.15, 0.2) is 0 Å². The van der Waals surface area contributed by atoms with Gasteiger partial charge < -0.3 is 0 Å². The van der Waals surface area contributed by atoms with E-state index in [-0.39, 0.29) is 36.7 Å². The van der Waals surface area contributed by atoms with Gasteiger partial charge in [0.25, 0.3) is 0 Å². The Balaban J connectivity index is 0.00000225. The van der Waals surface area contributed by atoms with Crippen LogP contribution in [0.1, 0.15) is 90.0 Å². The molecule has 0 bridgehead atoms. The zero-order chi connectivity index (χ0) is 19.6. The van der Waals surface area contributed by atoms with Crippen LogP contribution in [-0.4, -0.2) is 0 Å². The van der Waals surface area contributed by atoms with Crippen molar-refractivity contribution in [2.45, 2.75) is 86.0 Å². The van der Waals surface area contributed by atoms with Gasteiger partial charge in [-0.1, -0.05) is 62.6 Å². The van der Waals surface area contributed by atoms with Gasteiger partial charge in [0.05, 0.1) is 0 Å². The summed E-state index contributed by atoms with van der Waals surface area (Å²) in [5.41, 5.74) is 12.6. The third kappa shape index (κ3) is 2.64. The van der Waals surface area contributed by atoms with Gasteiger partial charge >= 0.3 is 0 Å². The molecular formula is C27H36Hf. The normalized spacial score (nSPS) is 26.2. The molecule has 0 amide bonds. The fraction of sp³-hybridized carbons (Fsp3) is 0.556. The number of fused-ring (bicyclic) bond motifs is 2. The minimum absolute atomic E-state index is 0. The number of rotatable bonds is 3. The maximum Gasteiger partial charge on any atom is 0.0295 e. The van der Waals surface area contributed by atoms with Gasteiger partial charge in [-0.25, -0.2) is 0 Å². The first-order chi connectivity index (χ1) is 12.8. The molecule has 2 unspecified atom stereocenters. The molecule has 0 heterocycles. The first-order valence-corrected chi connectivity index (χ1v) is 11.0. The summed E-state index contributed by atoms with van der Waals surface area (Å²) in [6, 6.07) is 5.14. The van der Waals surface area contributed by atoms with E-state index in [9.17, 15) is 0 Å². The number of allylic oxidation sites excluding steroid dienone is 5. The van der Waals surface area contributed by atoms with Crippen molar-refractivity contribution in [2.24, 2.45) is 11.3 Å². The maximum atomic E-state index is 2.62. The molecule has 148 valence electrons. The van der Waals surface area contributed by atoms with Crippen molar-refractivity contribution in [1.82, 2.24) is 0 Å². The molecule has 1 aromatic rings. The summed E-state index contributed by atoms with van der Waals surface area (Å²) >= 11 is 0. The van der Waals surface area contributed by atoms with Crippen molar-refractivity contribution < 1.29 is 25.8 Å². The van der Waals surface area contributed by atoms with Gasteiger partial charge in [0, 0.05) is 36.7 Å². The Hall–Kier alpha value is -0.690. The van der Waals surface area contributed by atoms with E-state index in [0.29, 0.717) is 5.92 Å². The molecule has 2 atom stereocenters. The molecule has 0 N–H and O–H groups in total. The first-order valence-electron chi connectivity index (χ1n) is 11.0. The van der Waals surface area contributed by atoms with E-state index < -0.39 is 0 Å². The van der Waals surface area contributed by atoms with Crippen molar-refractivity contribution in [3.63, 3.8) is 0 Å². The summed E-state index contributed by atoms with van der Waals surface area (Å²) in [6.45, 7) is 16.8. The molecule has 0 nitrogen and oxygen atoms in total. The molecule has 28 heavy (non-hydrogen) atoms. The molecule has 0 fully saturated rings. The molecule has 3 aliphatic carbocycles. The Kier molecular flexibility index (Phi) is 5.92. The smallest absolute Gasteiger partial charge is 0.0295 e. The Labute approximate surface area is 191 Å². The van der Waals surface area contributed by atoms with Crippen LogP contribution < -0.4 is 0 Å². The number of hydrogen-bond acceptors (Lipinski definition) is 0. The van der Waals surface area contributed by atoms with E-state index in [1.807, 2.05) is 0 Å². The molecule has 0 spiro atoms. The molecule has 0 aromatic heterocycles. The van der Waals surface area contributed by atoms with Crippen molar-refractivity contribution in [3.05, 3.63) is 62.8 Å². The third-order valence-corrected chi connectivity index (χ3v) is 8.89. The zero-order valence-electron chi connectivity index (χ0n) is 18.9. The average molecular weight is 539 g/mol. The minimum Gasteiger partial charge on any atom is -0.0719 e. The molecule has 0 saturated heterocycles. The van der Waals surface area contributed by atoms with E-state index in [2.05, 4.69) is 72.8 Å². The average Bonchev–Trinajstić information content (AvgIpc) is 3.13. The minimum atomic E-state index is 0. The fourth-order valence-corrected chi connectivity index (χ4v) is 6.51. The van der Waals surface area contributed by atoms with E-state index in [0.717, 1.165) is 0 Å². The van der Waals surface area contributed by atoms with E-state index >= 15 is 0 Å². The second-order valence-corrected chi connectivity index (χ2v) is 9.55. The number of benzene rings is 1. The summed E-state index contributed by atoms with van der Waals surface area (Å²) in [4.78, 5) is 0. The van der Waals surface area contributed by atoms with Gasteiger partial charge in [-0.3, -0.25) is 0 Å². The van der Waals surface area contributed by atoms with Crippen LogP contribution in [0.4, 0.5) is 0 Å². The van der Waals surface area contributed by atoms with Crippen LogP contribution in [0, 0.1) is 11.3 Å². The molecule has 1 heteroatoms. The van der Waals surface area contributed by atoms with Crippen LogP contribution in [0.2, 0.25) is 0 Å². The van der Waals surface area contributed by atoms with Gasteiger partial charge in [0.2, 0.25) is 0 Å². The van der Waals surface area contributed by atoms with Crippen LogP contribution in [0.3, 0.4) is 0 Å². The fourth-order valence-electron chi connectivity index (χ4n) is 6.51. The van der Waals surface area contributed by atoms with Gasteiger partial charge in [-0.05, 0) is 92.7 Å². The SMILES string of the molecule is CCC(C)C1(C2(C)C(C)=C(C)C(C)=C2C)C=Cc2cc3c(cc21)CCCC3.[Hf]. The standard InChI is InChI=1S/C27H36.Hf/c1-8-17(2)27(26(7)20(5)18(3)19(4)21(26)6)14-13-24-15-22-11-9-10-12-23(22)16-25(24)27;/h13-17H,8-12H2,1-7H3;.